The van der Waals surface area contributed by atoms with E-state index < -0.39 is 0 Å². The van der Waals surface area contributed by atoms with Crippen LogP contribution in [0.15, 0.2) is 0 Å². The number of nitrogens with zero attached hydrogens (tertiary/aromatic N) is 2. The van der Waals surface area contributed by atoms with Gasteiger partial charge in [0.25, 0.3) is 0 Å². The van der Waals surface area contributed by atoms with Crippen molar-refractivity contribution >= 4 is 0 Å². The van der Waals surface area contributed by atoms with Crippen LogP contribution >= 0.6 is 0 Å². The number of likely N-dealkylation sites (tertiary alicyclic amines) is 1. The summed E-state index contributed by atoms with van der Waals surface area (Å²) in [7, 11) is 0. The monoisotopic (exact) mass is 281 g/mol. The lowest BCUT2D eigenvalue weighted by Crippen LogP contribution is -2.46. The van der Waals surface area contributed by atoms with Crippen LogP contribution in [-0.4, -0.2) is 67.8 Å². The SMILES string of the molecule is CC1CCC(N)C(CN2CCC(N3CCOCC3)C2)C1. The van der Waals surface area contributed by atoms with Crippen molar-refractivity contribution in [1.82, 2.24) is 9.80 Å². The molecule has 2 aliphatic heterocycles. The minimum Gasteiger partial charge on any atom is -0.379 e. The Kier molecular flexibility index (Phi) is 4.97. The minimum absolute atomic E-state index is 0.439. The van der Waals surface area contributed by atoms with Gasteiger partial charge in [0.2, 0.25) is 0 Å². The summed E-state index contributed by atoms with van der Waals surface area (Å²) in [4.78, 5) is 5.30. The average molecular weight is 281 g/mol. The van der Waals surface area contributed by atoms with E-state index in [1.54, 1.807) is 0 Å². The Balaban J connectivity index is 1.47. The van der Waals surface area contributed by atoms with Gasteiger partial charge in [0.15, 0.2) is 0 Å². The van der Waals surface area contributed by atoms with Crippen LogP contribution in [0.3, 0.4) is 0 Å². The summed E-state index contributed by atoms with van der Waals surface area (Å²) >= 11 is 0. The van der Waals surface area contributed by atoms with Gasteiger partial charge in [-0.25, -0.2) is 0 Å². The second-order valence-corrected chi connectivity index (χ2v) is 7.19. The fraction of sp³-hybridized carbons (Fsp3) is 1.00. The Hall–Kier alpha value is -0.160. The van der Waals surface area contributed by atoms with Crippen LogP contribution in [0.5, 0.6) is 0 Å². The highest BCUT2D eigenvalue weighted by Gasteiger charge is 2.32. The lowest BCUT2D eigenvalue weighted by Gasteiger charge is -2.36. The van der Waals surface area contributed by atoms with Crippen molar-refractivity contribution in [3.8, 4) is 0 Å². The van der Waals surface area contributed by atoms with Gasteiger partial charge in [-0.1, -0.05) is 6.92 Å². The summed E-state index contributed by atoms with van der Waals surface area (Å²) in [6.45, 7) is 10.2. The number of hydrogen-bond acceptors (Lipinski definition) is 4. The Morgan fingerprint density at radius 1 is 1.10 bits per heavy atom. The summed E-state index contributed by atoms with van der Waals surface area (Å²) in [5.41, 5.74) is 6.34. The highest BCUT2D eigenvalue weighted by molar-refractivity contribution is 4.89. The van der Waals surface area contributed by atoms with Crippen LogP contribution in [0.25, 0.3) is 0 Å². The van der Waals surface area contributed by atoms with Crippen molar-refractivity contribution in [2.24, 2.45) is 17.6 Å². The summed E-state index contributed by atoms with van der Waals surface area (Å²) in [5, 5.41) is 0. The number of ether oxygens (including phenoxy) is 1. The zero-order valence-electron chi connectivity index (χ0n) is 13.0. The number of morpholine rings is 1. The molecule has 0 aromatic rings. The molecule has 0 radical (unpaired) electrons. The smallest absolute Gasteiger partial charge is 0.0594 e. The minimum atomic E-state index is 0.439. The molecule has 1 saturated carbocycles. The number of rotatable bonds is 3. The topological polar surface area (TPSA) is 41.7 Å². The van der Waals surface area contributed by atoms with Gasteiger partial charge in [-0.2, -0.15) is 0 Å². The number of hydrogen-bond donors (Lipinski definition) is 1. The average Bonchev–Trinajstić information content (AvgIpc) is 2.92. The summed E-state index contributed by atoms with van der Waals surface area (Å²) in [6.07, 6.45) is 5.22. The van der Waals surface area contributed by atoms with Crippen molar-refractivity contribution in [2.75, 3.05) is 45.9 Å². The van der Waals surface area contributed by atoms with E-state index in [0.717, 1.165) is 44.2 Å². The van der Waals surface area contributed by atoms with E-state index in [2.05, 4.69) is 16.7 Å². The molecule has 0 aromatic heterocycles. The van der Waals surface area contributed by atoms with Crippen LogP contribution in [0, 0.1) is 11.8 Å². The molecule has 116 valence electrons. The molecule has 0 amide bonds. The van der Waals surface area contributed by atoms with E-state index in [9.17, 15) is 0 Å². The Morgan fingerprint density at radius 2 is 1.90 bits per heavy atom. The highest BCUT2D eigenvalue weighted by Crippen LogP contribution is 2.29. The van der Waals surface area contributed by atoms with Crippen molar-refractivity contribution in [3.05, 3.63) is 0 Å². The molecule has 0 bridgehead atoms. The Morgan fingerprint density at radius 3 is 2.70 bits per heavy atom. The fourth-order valence-electron chi connectivity index (χ4n) is 4.28. The zero-order valence-corrected chi connectivity index (χ0v) is 13.0. The molecule has 3 aliphatic rings. The summed E-state index contributed by atoms with van der Waals surface area (Å²) in [6, 6.07) is 1.20. The molecule has 2 saturated heterocycles. The molecule has 2 heterocycles. The maximum absolute atomic E-state index is 6.34. The molecule has 3 fully saturated rings. The van der Waals surface area contributed by atoms with Gasteiger partial charge in [0.1, 0.15) is 0 Å². The van der Waals surface area contributed by atoms with Gasteiger partial charge in [-0.15, -0.1) is 0 Å². The van der Waals surface area contributed by atoms with Crippen LogP contribution in [0.1, 0.15) is 32.6 Å². The molecule has 20 heavy (non-hydrogen) atoms. The Labute approximate surface area is 123 Å². The van der Waals surface area contributed by atoms with Crippen LogP contribution in [0.4, 0.5) is 0 Å². The summed E-state index contributed by atoms with van der Waals surface area (Å²) in [5.74, 6) is 1.60. The van der Waals surface area contributed by atoms with Crippen molar-refractivity contribution in [3.63, 3.8) is 0 Å². The molecule has 0 aromatic carbocycles. The van der Waals surface area contributed by atoms with Crippen molar-refractivity contribution in [2.45, 2.75) is 44.7 Å². The molecular formula is C16H31N3O. The lowest BCUT2D eigenvalue weighted by molar-refractivity contribution is 0.0179. The van der Waals surface area contributed by atoms with Gasteiger partial charge in [0.05, 0.1) is 13.2 Å². The van der Waals surface area contributed by atoms with E-state index in [4.69, 9.17) is 10.5 Å². The summed E-state index contributed by atoms with van der Waals surface area (Å²) < 4.78 is 5.46. The molecule has 0 spiro atoms. The molecule has 4 heteroatoms. The van der Waals surface area contributed by atoms with Gasteiger partial charge in [-0.05, 0) is 44.1 Å². The largest absolute Gasteiger partial charge is 0.379 e. The zero-order chi connectivity index (χ0) is 13.9. The fourth-order valence-corrected chi connectivity index (χ4v) is 4.28. The van der Waals surface area contributed by atoms with E-state index in [0.29, 0.717) is 6.04 Å². The first kappa shape index (κ1) is 14.8. The van der Waals surface area contributed by atoms with Crippen LogP contribution < -0.4 is 5.73 Å². The Bertz CT molecular complexity index is 306. The van der Waals surface area contributed by atoms with Gasteiger partial charge in [0, 0.05) is 38.3 Å². The standard InChI is InChI=1S/C16H31N3O/c1-13-2-3-16(17)14(10-13)11-18-5-4-15(12-18)19-6-8-20-9-7-19/h13-16H,2-12,17H2,1H3. The predicted molar refractivity (Wildman–Crippen MR) is 81.7 cm³/mol. The van der Waals surface area contributed by atoms with Gasteiger partial charge >= 0.3 is 0 Å². The third-order valence-electron chi connectivity index (χ3n) is 5.61. The van der Waals surface area contributed by atoms with Crippen LogP contribution in [0.2, 0.25) is 0 Å². The van der Waals surface area contributed by atoms with E-state index in [1.165, 1.54) is 45.3 Å². The first-order valence-electron chi connectivity index (χ1n) is 8.52. The molecule has 4 unspecified atom stereocenters. The van der Waals surface area contributed by atoms with Crippen molar-refractivity contribution < 1.29 is 4.74 Å². The van der Waals surface area contributed by atoms with E-state index >= 15 is 0 Å². The first-order valence-corrected chi connectivity index (χ1v) is 8.52. The third kappa shape index (κ3) is 3.53. The molecule has 2 N–H and O–H groups in total. The van der Waals surface area contributed by atoms with Crippen LogP contribution in [-0.2, 0) is 4.74 Å². The molecule has 1 aliphatic carbocycles. The first-order chi connectivity index (χ1) is 9.72. The van der Waals surface area contributed by atoms with Crippen molar-refractivity contribution in [1.29, 1.82) is 0 Å². The molecular weight excluding hydrogens is 250 g/mol. The molecule has 4 nitrogen and oxygen atoms in total. The second kappa shape index (κ2) is 6.73. The number of nitrogens with two attached hydrogens (primary N) is 1. The second-order valence-electron chi connectivity index (χ2n) is 7.19. The normalized spacial score (nSPS) is 41.1. The highest BCUT2D eigenvalue weighted by atomic mass is 16.5. The van der Waals surface area contributed by atoms with E-state index in [1.807, 2.05) is 0 Å². The third-order valence-corrected chi connectivity index (χ3v) is 5.61. The maximum atomic E-state index is 6.34. The molecule has 3 rings (SSSR count). The predicted octanol–water partition coefficient (Wildman–Crippen LogP) is 1.16. The van der Waals surface area contributed by atoms with Gasteiger partial charge < -0.3 is 15.4 Å². The quantitative estimate of drug-likeness (QED) is 0.843. The maximum Gasteiger partial charge on any atom is 0.0594 e. The molecule has 4 atom stereocenters. The van der Waals surface area contributed by atoms with E-state index in [-0.39, 0.29) is 0 Å². The lowest BCUT2D eigenvalue weighted by atomic mass is 9.79. The van der Waals surface area contributed by atoms with Gasteiger partial charge in [-0.3, -0.25) is 4.90 Å².